The first-order chi connectivity index (χ1) is 13.1. The van der Waals surface area contributed by atoms with Crippen LogP contribution in [-0.2, 0) is 0 Å². The predicted octanol–water partition coefficient (Wildman–Crippen LogP) is 4.05. The largest absolute Gasteiger partial charge is 0.496 e. The van der Waals surface area contributed by atoms with Crippen LogP contribution in [0.2, 0.25) is 0 Å². The highest BCUT2D eigenvalue weighted by molar-refractivity contribution is 5.99. The highest BCUT2D eigenvalue weighted by Crippen LogP contribution is 2.28. The molecule has 6 heteroatoms. The zero-order valence-electron chi connectivity index (χ0n) is 16.0. The lowest BCUT2D eigenvalue weighted by atomic mass is 10.1. The van der Waals surface area contributed by atoms with Crippen LogP contribution in [0.5, 0.6) is 5.75 Å². The van der Waals surface area contributed by atoms with Crippen molar-refractivity contribution in [3.63, 3.8) is 0 Å². The first-order valence-corrected chi connectivity index (χ1v) is 8.62. The quantitative estimate of drug-likeness (QED) is 0.530. The second-order valence-corrected chi connectivity index (χ2v) is 6.24. The average molecular weight is 361 g/mol. The van der Waals surface area contributed by atoms with Gasteiger partial charge >= 0.3 is 0 Å². The summed E-state index contributed by atoms with van der Waals surface area (Å²) in [6.07, 6.45) is 1.51. The number of hydrogen-bond acceptors (Lipinski definition) is 6. The van der Waals surface area contributed by atoms with Gasteiger partial charge in [0.05, 0.1) is 18.5 Å². The molecule has 0 saturated heterocycles. The van der Waals surface area contributed by atoms with Crippen molar-refractivity contribution in [2.75, 3.05) is 31.5 Å². The number of aromatic nitrogens is 2. The molecule has 0 bridgehead atoms. The fraction of sp³-hybridized carbons (Fsp3) is 0.190. The van der Waals surface area contributed by atoms with Gasteiger partial charge in [0.1, 0.15) is 17.9 Å². The Balaban J connectivity index is 1.79. The Kier molecular flexibility index (Phi) is 5.66. The van der Waals surface area contributed by atoms with Crippen LogP contribution in [0.3, 0.4) is 0 Å². The van der Waals surface area contributed by atoms with Crippen molar-refractivity contribution in [2.24, 2.45) is 5.10 Å². The topological polar surface area (TPSA) is 62.6 Å². The summed E-state index contributed by atoms with van der Waals surface area (Å²) in [6, 6.07) is 17.8. The van der Waals surface area contributed by atoms with Crippen LogP contribution in [0.4, 0.5) is 11.5 Å². The molecule has 0 saturated carbocycles. The third-order valence-electron chi connectivity index (χ3n) is 4.19. The predicted molar refractivity (Wildman–Crippen MR) is 111 cm³/mol. The standard InChI is InChI=1S/C21H23N5O/c1-15(16-9-11-17(12-10-16)26(2)3)24-25-21-13-19(22-14-23-21)18-7-5-6-8-20(18)27-4/h5-14H,1-4H3,(H,22,23,25). The molecule has 0 aliphatic rings. The molecule has 0 fully saturated rings. The van der Waals surface area contributed by atoms with E-state index in [0.29, 0.717) is 5.82 Å². The van der Waals surface area contributed by atoms with Gasteiger partial charge in [-0.1, -0.05) is 24.3 Å². The van der Waals surface area contributed by atoms with E-state index in [9.17, 15) is 0 Å². The van der Waals surface area contributed by atoms with Gasteiger partial charge < -0.3 is 9.64 Å². The van der Waals surface area contributed by atoms with Crippen molar-refractivity contribution in [3.8, 4) is 17.0 Å². The van der Waals surface area contributed by atoms with Crippen LogP contribution in [0, 0.1) is 0 Å². The van der Waals surface area contributed by atoms with Crippen molar-refractivity contribution in [1.82, 2.24) is 9.97 Å². The summed E-state index contributed by atoms with van der Waals surface area (Å²) in [4.78, 5) is 10.7. The van der Waals surface area contributed by atoms with Gasteiger partial charge in [0.25, 0.3) is 0 Å². The van der Waals surface area contributed by atoms with Gasteiger partial charge in [0, 0.05) is 31.4 Å². The Labute approximate surface area is 159 Å². The maximum Gasteiger partial charge on any atom is 0.150 e. The van der Waals surface area contributed by atoms with Gasteiger partial charge in [0.2, 0.25) is 0 Å². The highest BCUT2D eigenvalue weighted by atomic mass is 16.5. The number of methoxy groups -OCH3 is 1. The maximum atomic E-state index is 5.41. The van der Waals surface area contributed by atoms with Crippen LogP contribution in [0.15, 0.2) is 66.0 Å². The molecule has 0 spiro atoms. The fourth-order valence-electron chi connectivity index (χ4n) is 2.63. The van der Waals surface area contributed by atoms with Gasteiger partial charge in [-0.15, -0.1) is 0 Å². The Bertz CT molecular complexity index is 935. The van der Waals surface area contributed by atoms with Crippen molar-refractivity contribution in [1.29, 1.82) is 0 Å². The summed E-state index contributed by atoms with van der Waals surface area (Å²) in [5, 5.41) is 4.45. The molecule has 0 amide bonds. The number of nitrogens with zero attached hydrogens (tertiary/aromatic N) is 4. The number of ether oxygens (including phenoxy) is 1. The molecule has 138 valence electrons. The normalized spacial score (nSPS) is 11.2. The van der Waals surface area contributed by atoms with Crippen molar-refractivity contribution in [3.05, 3.63) is 66.5 Å². The van der Waals surface area contributed by atoms with E-state index in [-0.39, 0.29) is 0 Å². The third-order valence-corrected chi connectivity index (χ3v) is 4.19. The first kappa shape index (κ1) is 18.4. The van der Waals surface area contributed by atoms with Crippen LogP contribution >= 0.6 is 0 Å². The zero-order valence-corrected chi connectivity index (χ0v) is 16.0. The fourth-order valence-corrected chi connectivity index (χ4v) is 2.63. The number of nitrogens with one attached hydrogen (secondary N) is 1. The number of para-hydroxylation sites is 1. The van der Waals surface area contributed by atoms with E-state index in [1.54, 1.807) is 7.11 Å². The minimum absolute atomic E-state index is 0.621. The summed E-state index contributed by atoms with van der Waals surface area (Å²) >= 11 is 0. The van der Waals surface area contributed by atoms with Gasteiger partial charge in [-0.3, -0.25) is 5.43 Å². The van der Waals surface area contributed by atoms with Gasteiger partial charge in [0.15, 0.2) is 0 Å². The van der Waals surface area contributed by atoms with Crippen LogP contribution < -0.4 is 15.1 Å². The van der Waals surface area contributed by atoms with E-state index in [1.165, 1.54) is 6.33 Å². The number of hydrogen-bond donors (Lipinski definition) is 1. The van der Waals surface area contributed by atoms with Crippen molar-refractivity contribution >= 4 is 17.2 Å². The van der Waals surface area contributed by atoms with E-state index in [2.05, 4.69) is 49.7 Å². The van der Waals surface area contributed by atoms with Gasteiger partial charge in [-0.25, -0.2) is 9.97 Å². The van der Waals surface area contributed by atoms with E-state index in [0.717, 1.165) is 34.0 Å². The zero-order chi connectivity index (χ0) is 19.2. The summed E-state index contributed by atoms with van der Waals surface area (Å²) in [7, 11) is 5.69. The van der Waals surface area contributed by atoms with Crippen LogP contribution in [0.1, 0.15) is 12.5 Å². The molecular formula is C21H23N5O. The van der Waals surface area contributed by atoms with Gasteiger partial charge in [-0.05, 0) is 36.8 Å². The molecular weight excluding hydrogens is 338 g/mol. The Morgan fingerprint density at radius 1 is 1.04 bits per heavy atom. The maximum absolute atomic E-state index is 5.41. The number of anilines is 2. The summed E-state index contributed by atoms with van der Waals surface area (Å²) in [6.45, 7) is 1.96. The minimum atomic E-state index is 0.621. The van der Waals surface area contributed by atoms with Crippen molar-refractivity contribution < 1.29 is 4.74 Å². The summed E-state index contributed by atoms with van der Waals surface area (Å²) in [5.41, 5.74) is 7.76. The minimum Gasteiger partial charge on any atom is -0.496 e. The van der Waals surface area contributed by atoms with Gasteiger partial charge in [-0.2, -0.15) is 5.10 Å². The van der Waals surface area contributed by atoms with E-state index in [1.807, 2.05) is 51.4 Å². The van der Waals surface area contributed by atoms with Crippen LogP contribution in [0.25, 0.3) is 11.3 Å². The molecule has 0 atom stereocenters. The lowest BCUT2D eigenvalue weighted by Gasteiger charge is -2.12. The Hall–Kier alpha value is -3.41. The molecule has 1 N–H and O–H groups in total. The molecule has 1 aromatic heterocycles. The summed E-state index contributed by atoms with van der Waals surface area (Å²) in [5.74, 6) is 1.39. The monoisotopic (exact) mass is 361 g/mol. The molecule has 6 nitrogen and oxygen atoms in total. The van der Waals surface area contributed by atoms with E-state index >= 15 is 0 Å². The average Bonchev–Trinajstić information content (AvgIpc) is 2.72. The molecule has 0 unspecified atom stereocenters. The molecule has 0 aliphatic heterocycles. The molecule has 0 aliphatic carbocycles. The summed E-state index contributed by atoms with van der Waals surface area (Å²) < 4.78 is 5.41. The highest BCUT2D eigenvalue weighted by Gasteiger charge is 2.07. The van der Waals surface area contributed by atoms with Crippen LogP contribution in [-0.4, -0.2) is 36.9 Å². The lowest BCUT2D eigenvalue weighted by molar-refractivity contribution is 0.416. The molecule has 0 radical (unpaired) electrons. The molecule has 1 heterocycles. The molecule has 27 heavy (non-hydrogen) atoms. The lowest BCUT2D eigenvalue weighted by Crippen LogP contribution is -2.08. The second-order valence-electron chi connectivity index (χ2n) is 6.24. The second kappa shape index (κ2) is 8.31. The Morgan fingerprint density at radius 3 is 2.48 bits per heavy atom. The number of rotatable bonds is 6. The molecule has 2 aromatic carbocycles. The molecule has 3 aromatic rings. The number of benzene rings is 2. The van der Waals surface area contributed by atoms with Crippen molar-refractivity contribution in [2.45, 2.75) is 6.92 Å². The first-order valence-electron chi connectivity index (χ1n) is 8.62. The Morgan fingerprint density at radius 2 is 1.78 bits per heavy atom. The molecule has 3 rings (SSSR count). The SMILES string of the molecule is COc1ccccc1-c1cc(NN=C(C)c2ccc(N(C)C)cc2)ncn1. The third kappa shape index (κ3) is 4.41. The number of hydrazone groups is 1. The smallest absolute Gasteiger partial charge is 0.150 e. The van der Waals surface area contributed by atoms with E-state index in [4.69, 9.17) is 4.74 Å². The van der Waals surface area contributed by atoms with E-state index < -0.39 is 0 Å².